The minimum Gasteiger partial charge on any atom is -0.332 e. The Morgan fingerprint density at radius 1 is 1.26 bits per heavy atom. The van der Waals surface area contributed by atoms with Crippen molar-refractivity contribution in [2.75, 3.05) is 5.32 Å². The van der Waals surface area contributed by atoms with E-state index in [1.165, 1.54) is 0 Å². The molecule has 1 N–H and O–H groups in total. The fourth-order valence-electron chi connectivity index (χ4n) is 2.70. The Balaban J connectivity index is 1.55. The Hall–Kier alpha value is -1.99. The molecule has 0 bridgehead atoms. The summed E-state index contributed by atoms with van der Waals surface area (Å²) >= 11 is 5.04. The molecule has 2 aromatic rings. The third-order valence-electron chi connectivity index (χ3n) is 3.75. The van der Waals surface area contributed by atoms with Crippen LogP contribution >= 0.6 is 27.3 Å². The van der Waals surface area contributed by atoms with E-state index in [4.69, 9.17) is 4.98 Å². The standard InChI is InChI=1S/C16H14BrN5S/c1-10-14(22-8-2-7-18-15(22)19-10)13-9-23-16(21-13)20-12-5-3-11(17)4-6-12/h2-10,14H,1H3,(H,20,21). The highest BCUT2D eigenvalue weighted by Crippen LogP contribution is 2.35. The smallest absolute Gasteiger partial charge is 0.225 e. The molecule has 7 heteroatoms. The lowest BCUT2D eigenvalue weighted by molar-refractivity contribution is 0.394. The molecule has 0 saturated heterocycles. The zero-order valence-electron chi connectivity index (χ0n) is 12.3. The molecule has 2 unspecified atom stereocenters. The Bertz CT molecular complexity index is 808. The number of aliphatic imine (C=N–C) groups is 2. The molecule has 0 aliphatic carbocycles. The number of nitrogens with one attached hydrogen (secondary N) is 1. The number of allylic oxidation sites excluding steroid dienone is 1. The first kappa shape index (κ1) is 14.6. The topological polar surface area (TPSA) is 52.9 Å². The summed E-state index contributed by atoms with van der Waals surface area (Å²) in [6.07, 6.45) is 5.71. The maximum atomic E-state index is 4.75. The van der Waals surface area contributed by atoms with Crippen molar-refractivity contribution in [2.24, 2.45) is 9.98 Å². The fourth-order valence-corrected chi connectivity index (χ4v) is 3.73. The molecule has 5 nitrogen and oxygen atoms in total. The van der Waals surface area contributed by atoms with Crippen LogP contribution in [0.2, 0.25) is 0 Å². The van der Waals surface area contributed by atoms with Gasteiger partial charge in [0.05, 0.1) is 11.7 Å². The van der Waals surface area contributed by atoms with Crippen LogP contribution in [0.5, 0.6) is 0 Å². The molecule has 116 valence electrons. The second kappa shape index (κ2) is 5.90. The van der Waals surface area contributed by atoms with Crippen molar-refractivity contribution >= 4 is 50.3 Å². The van der Waals surface area contributed by atoms with Crippen LogP contribution in [0, 0.1) is 0 Å². The number of nitrogens with zero attached hydrogens (tertiary/aromatic N) is 4. The molecule has 1 aromatic carbocycles. The first-order valence-corrected chi connectivity index (χ1v) is 8.93. The van der Waals surface area contributed by atoms with Crippen LogP contribution in [-0.2, 0) is 0 Å². The zero-order valence-corrected chi connectivity index (χ0v) is 14.8. The summed E-state index contributed by atoms with van der Waals surface area (Å²) in [6, 6.07) is 8.29. The van der Waals surface area contributed by atoms with Gasteiger partial charge in [-0.15, -0.1) is 11.3 Å². The third kappa shape index (κ3) is 2.82. The van der Waals surface area contributed by atoms with Crippen molar-refractivity contribution in [1.29, 1.82) is 0 Å². The summed E-state index contributed by atoms with van der Waals surface area (Å²) in [6.45, 7) is 2.10. The van der Waals surface area contributed by atoms with Gasteiger partial charge in [0.2, 0.25) is 5.96 Å². The summed E-state index contributed by atoms with van der Waals surface area (Å²) in [5.74, 6) is 0.764. The maximum absolute atomic E-state index is 4.75. The van der Waals surface area contributed by atoms with Crippen LogP contribution in [0.1, 0.15) is 18.7 Å². The van der Waals surface area contributed by atoms with Crippen LogP contribution in [0.3, 0.4) is 0 Å². The predicted molar refractivity (Wildman–Crippen MR) is 98.6 cm³/mol. The van der Waals surface area contributed by atoms with E-state index in [0.717, 1.165) is 26.9 Å². The predicted octanol–water partition coefficient (Wildman–Crippen LogP) is 4.35. The molecule has 23 heavy (non-hydrogen) atoms. The van der Waals surface area contributed by atoms with Gasteiger partial charge in [-0.1, -0.05) is 15.9 Å². The SMILES string of the molecule is CC1N=C2N=CC=CN2C1c1csc(Nc2ccc(Br)cc2)n1. The molecule has 0 fully saturated rings. The van der Waals surface area contributed by atoms with Crippen molar-refractivity contribution < 1.29 is 0 Å². The molecule has 0 saturated carbocycles. The van der Waals surface area contributed by atoms with E-state index < -0.39 is 0 Å². The highest BCUT2D eigenvalue weighted by atomic mass is 79.9. The van der Waals surface area contributed by atoms with Gasteiger partial charge in [0.1, 0.15) is 6.04 Å². The largest absolute Gasteiger partial charge is 0.332 e. The van der Waals surface area contributed by atoms with Gasteiger partial charge >= 0.3 is 0 Å². The van der Waals surface area contributed by atoms with Gasteiger partial charge in [-0.25, -0.2) is 15.0 Å². The van der Waals surface area contributed by atoms with Crippen LogP contribution in [-0.4, -0.2) is 28.1 Å². The number of fused-ring (bicyclic) bond motifs is 1. The number of benzene rings is 1. The lowest BCUT2D eigenvalue weighted by atomic mass is 10.1. The summed E-state index contributed by atoms with van der Waals surface area (Å²) in [5, 5.41) is 6.32. The van der Waals surface area contributed by atoms with E-state index in [1.54, 1.807) is 17.6 Å². The number of halogens is 1. The summed E-state index contributed by atoms with van der Waals surface area (Å²) in [7, 11) is 0. The van der Waals surface area contributed by atoms with Crippen molar-refractivity contribution in [3.63, 3.8) is 0 Å². The number of anilines is 2. The average Bonchev–Trinajstić information content (AvgIpc) is 3.12. The minimum absolute atomic E-state index is 0.107. The second-order valence-electron chi connectivity index (χ2n) is 5.35. The van der Waals surface area contributed by atoms with Gasteiger partial charge < -0.3 is 10.2 Å². The van der Waals surface area contributed by atoms with E-state index in [0.29, 0.717) is 0 Å². The zero-order chi connectivity index (χ0) is 15.8. The van der Waals surface area contributed by atoms with E-state index in [9.17, 15) is 0 Å². The molecule has 2 aliphatic rings. The third-order valence-corrected chi connectivity index (χ3v) is 5.05. The number of hydrogen-bond donors (Lipinski definition) is 1. The molecular weight excluding hydrogens is 374 g/mol. The molecule has 0 amide bonds. The van der Waals surface area contributed by atoms with Crippen molar-refractivity contribution in [1.82, 2.24) is 9.88 Å². The van der Waals surface area contributed by atoms with Crippen LogP contribution in [0.15, 0.2) is 56.4 Å². The van der Waals surface area contributed by atoms with E-state index in [1.807, 2.05) is 36.5 Å². The number of thiazole rings is 1. The van der Waals surface area contributed by atoms with E-state index in [2.05, 4.69) is 48.4 Å². The Morgan fingerprint density at radius 3 is 2.91 bits per heavy atom. The van der Waals surface area contributed by atoms with Crippen molar-refractivity contribution in [2.45, 2.75) is 19.0 Å². The molecule has 2 atom stereocenters. The number of guanidine groups is 1. The van der Waals surface area contributed by atoms with Crippen molar-refractivity contribution in [3.05, 3.63) is 52.1 Å². The maximum Gasteiger partial charge on any atom is 0.225 e. The Morgan fingerprint density at radius 2 is 2.09 bits per heavy atom. The molecule has 0 spiro atoms. The van der Waals surface area contributed by atoms with Gasteiger partial charge in [-0.3, -0.25) is 0 Å². The molecular formula is C16H14BrN5S. The van der Waals surface area contributed by atoms with E-state index in [-0.39, 0.29) is 12.1 Å². The van der Waals surface area contributed by atoms with Gasteiger partial charge in [0.15, 0.2) is 5.13 Å². The van der Waals surface area contributed by atoms with Crippen LogP contribution in [0.4, 0.5) is 10.8 Å². The number of rotatable bonds is 3. The summed E-state index contributed by atoms with van der Waals surface area (Å²) in [4.78, 5) is 15.8. The normalized spacial score (nSPS) is 22.2. The molecule has 0 radical (unpaired) electrons. The van der Waals surface area contributed by atoms with Gasteiger partial charge in [-0.2, -0.15) is 0 Å². The highest BCUT2D eigenvalue weighted by molar-refractivity contribution is 9.10. The van der Waals surface area contributed by atoms with E-state index >= 15 is 0 Å². The lowest BCUT2D eigenvalue weighted by Gasteiger charge is -2.24. The van der Waals surface area contributed by atoms with Crippen LogP contribution in [0.25, 0.3) is 0 Å². The van der Waals surface area contributed by atoms with Gasteiger partial charge in [0, 0.05) is 28.0 Å². The van der Waals surface area contributed by atoms with Crippen LogP contribution < -0.4 is 5.32 Å². The van der Waals surface area contributed by atoms with Crippen molar-refractivity contribution in [3.8, 4) is 0 Å². The monoisotopic (exact) mass is 387 g/mol. The summed E-state index contributed by atoms with van der Waals surface area (Å²) in [5.41, 5.74) is 2.04. The molecule has 3 heterocycles. The van der Waals surface area contributed by atoms with Gasteiger partial charge in [0.25, 0.3) is 0 Å². The first-order chi connectivity index (χ1) is 11.2. The number of hydrogen-bond acceptors (Lipinski definition) is 6. The fraction of sp³-hybridized carbons (Fsp3) is 0.188. The van der Waals surface area contributed by atoms with Gasteiger partial charge in [-0.05, 0) is 37.3 Å². The first-order valence-electron chi connectivity index (χ1n) is 7.26. The summed E-state index contributed by atoms with van der Waals surface area (Å²) < 4.78 is 1.06. The highest BCUT2D eigenvalue weighted by Gasteiger charge is 2.35. The molecule has 4 rings (SSSR count). The quantitative estimate of drug-likeness (QED) is 0.851. The molecule has 2 aliphatic heterocycles. The Kier molecular flexibility index (Phi) is 3.74. The average molecular weight is 388 g/mol. The molecule has 1 aromatic heterocycles. The lowest BCUT2D eigenvalue weighted by Crippen LogP contribution is -2.28. The number of aromatic nitrogens is 1. The minimum atomic E-state index is 0.107. The Labute approximate surface area is 146 Å². The second-order valence-corrected chi connectivity index (χ2v) is 7.12.